The lowest BCUT2D eigenvalue weighted by atomic mass is 10.1. The zero-order valence-electron chi connectivity index (χ0n) is 17.6. The third-order valence-corrected chi connectivity index (χ3v) is 5.05. The third kappa shape index (κ3) is 4.74. The normalized spacial score (nSPS) is 11.3. The Morgan fingerprint density at radius 3 is 2.12 bits per heavy atom. The van der Waals surface area contributed by atoms with E-state index >= 15 is 0 Å². The molecule has 0 unspecified atom stereocenters. The zero-order valence-corrected chi connectivity index (χ0v) is 17.6. The number of hydrogen-bond donors (Lipinski definition) is 1. The molecule has 0 atom stereocenters. The van der Waals surface area contributed by atoms with Crippen LogP contribution in [0, 0.1) is 0 Å². The Morgan fingerprint density at radius 1 is 0.939 bits per heavy atom. The van der Waals surface area contributed by atoms with E-state index in [9.17, 15) is 18.0 Å². The number of ether oxygens (including phenoxy) is 1. The number of alkyl halides is 3. The second-order valence-corrected chi connectivity index (χ2v) is 7.22. The van der Waals surface area contributed by atoms with Gasteiger partial charge in [-0.3, -0.25) is 4.79 Å². The lowest BCUT2D eigenvalue weighted by molar-refractivity contribution is -0.137. The number of nitrogens with zero attached hydrogens (tertiary/aromatic N) is 2. The van der Waals surface area contributed by atoms with Gasteiger partial charge in [0.1, 0.15) is 11.3 Å². The van der Waals surface area contributed by atoms with Crippen molar-refractivity contribution in [2.75, 3.05) is 7.11 Å². The van der Waals surface area contributed by atoms with Crippen LogP contribution in [0.25, 0.3) is 16.9 Å². The van der Waals surface area contributed by atoms with Crippen LogP contribution < -0.4 is 10.1 Å². The first-order chi connectivity index (χ1) is 15.9. The second kappa shape index (κ2) is 9.20. The highest BCUT2D eigenvalue weighted by atomic mass is 19.4. The van der Waals surface area contributed by atoms with Gasteiger partial charge in [-0.05, 0) is 29.8 Å². The van der Waals surface area contributed by atoms with Gasteiger partial charge in [-0.2, -0.15) is 23.0 Å². The molecule has 1 amide bonds. The first kappa shape index (κ1) is 22.1. The van der Waals surface area contributed by atoms with Gasteiger partial charge in [0.2, 0.25) is 5.88 Å². The van der Waals surface area contributed by atoms with Crippen molar-refractivity contribution in [1.82, 2.24) is 15.1 Å². The molecule has 5 nitrogen and oxygen atoms in total. The summed E-state index contributed by atoms with van der Waals surface area (Å²) in [6.45, 7) is 0.0465. The number of amides is 1. The molecule has 0 aliphatic rings. The van der Waals surface area contributed by atoms with Gasteiger partial charge in [0, 0.05) is 12.1 Å². The Morgan fingerprint density at radius 2 is 1.55 bits per heavy atom. The Balaban J connectivity index is 1.68. The number of hydrogen-bond acceptors (Lipinski definition) is 3. The molecule has 0 fully saturated rings. The maximum Gasteiger partial charge on any atom is 0.416 e. The van der Waals surface area contributed by atoms with Gasteiger partial charge in [-0.15, -0.1) is 0 Å². The van der Waals surface area contributed by atoms with Crippen molar-refractivity contribution >= 4 is 5.91 Å². The van der Waals surface area contributed by atoms with Gasteiger partial charge in [0.05, 0.1) is 18.4 Å². The molecule has 0 saturated heterocycles. The van der Waals surface area contributed by atoms with E-state index in [0.717, 1.165) is 17.7 Å². The van der Waals surface area contributed by atoms with E-state index < -0.39 is 17.6 Å². The van der Waals surface area contributed by atoms with Crippen LogP contribution in [-0.4, -0.2) is 22.8 Å². The van der Waals surface area contributed by atoms with Gasteiger partial charge in [0.25, 0.3) is 5.91 Å². The molecule has 0 radical (unpaired) electrons. The number of methoxy groups -OCH3 is 1. The summed E-state index contributed by atoms with van der Waals surface area (Å²) < 4.78 is 45.5. The molecule has 0 aliphatic carbocycles. The number of aromatic nitrogens is 2. The highest BCUT2D eigenvalue weighted by Crippen LogP contribution is 2.33. The lowest BCUT2D eigenvalue weighted by Crippen LogP contribution is -2.23. The number of halogens is 3. The van der Waals surface area contributed by atoms with Crippen molar-refractivity contribution in [2.45, 2.75) is 12.7 Å². The van der Waals surface area contributed by atoms with E-state index in [1.807, 2.05) is 60.7 Å². The summed E-state index contributed by atoms with van der Waals surface area (Å²) in [7, 11) is 1.46. The second-order valence-electron chi connectivity index (χ2n) is 7.22. The minimum Gasteiger partial charge on any atom is -0.480 e. The van der Waals surface area contributed by atoms with Crippen LogP contribution >= 0.6 is 0 Å². The van der Waals surface area contributed by atoms with Gasteiger partial charge in [-0.25, -0.2) is 0 Å². The molecule has 1 heterocycles. The highest BCUT2D eigenvalue weighted by Gasteiger charge is 2.30. The Kier molecular flexibility index (Phi) is 6.17. The fraction of sp³-hybridized carbons (Fsp3) is 0.120. The summed E-state index contributed by atoms with van der Waals surface area (Å²) in [6.07, 6.45) is -4.41. The van der Waals surface area contributed by atoms with E-state index in [1.54, 1.807) is 4.68 Å². The van der Waals surface area contributed by atoms with Crippen molar-refractivity contribution in [2.24, 2.45) is 0 Å². The molecule has 1 aromatic heterocycles. The fourth-order valence-electron chi connectivity index (χ4n) is 3.42. The molecule has 1 N–H and O–H groups in total. The minimum atomic E-state index is -4.41. The summed E-state index contributed by atoms with van der Waals surface area (Å²) in [6, 6.07) is 23.1. The molecule has 168 valence electrons. The highest BCUT2D eigenvalue weighted by molar-refractivity contribution is 6.02. The molecular formula is C25H20F3N3O2. The predicted molar refractivity (Wildman–Crippen MR) is 118 cm³/mol. The Hall–Kier alpha value is -4.07. The first-order valence-electron chi connectivity index (χ1n) is 10.1. The summed E-state index contributed by atoms with van der Waals surface area (Å²) >= 11 is 0. The Bertz CT molecular complexity index is 1240. The van der Waals surface area contributed by atoms with Gasteiger partial charge in [0.15, 0.2) is 0 Å². The molecular weight excluding hydrogens is 431 g/mol. The molecule has 0 bridgehead atoms. The molecule has 4 rings (SSSR count). The molecule has 0 saturated carbocycles. The van der Waals surface area contributed by atoms with Crippen molar-refractivity contribution in [3.05, 3.63) is 102 Å². The summed E-state index contributed by atoms with van der Waals surface area (Å²) in [4.78, 5) is 13.2. The van der Waals surface area contributed by atoms with Crippen LogP contribution in [0.2, 0.25) is 0 Å². The van der Waals surface area contributed by atoms with Gasteiger partial charge >= 0.3 is 6.18 Å². The quantitative estimate of drug-likeness (QED) is 0.421. The molecule has 0 spiro atoms. The Labute approximate surface area is 188 Å². The standard InChI is InChI=1S/C25H20F3N3O2/c1-33-24-21(23(32)29-16-17-12-14-19(15-13-17)25(26,27)28)22(18-8-4-2-5-9-18)30-31(24)20-10-6-3-7-11-20/h2-15H,16H2,1H3,(H,29,32). The average molecular weight is 451 g/mol. The van der Waals surface area contributed by atoms with Crippen LogP contribution in [0.15, 0.2) is 84.9 Å². The molecule has 33 heavy (non-hydrogen) atoms. The average Bonchev–Trinajstić information content (AvgIpc) is 3.23. The van der Waals surface area contributed by atoms with Crippen molar-refractivity contribution < 1.29 is 22.7 Å². The first-order valence-corrected chi connectivity index (χ1v) is 10.1. The van der Waals surface area contributed by atoms with Crippen LogP contribution in [-0.2, 0) is 12.7 Å². The number of nitrogens with one attached hydrogen (secondary N) is 1. The fourth-order valence-corrected chi connectivity index (χ4v) is 3.42. The number of para-hydroxylation sites is 1. The number of carbonyl (C=O) groups is 1. The van der Waals surface area contributed by atoms with E-state index in [4.69, 9.17) is 4.74 Å². The molecule has 0 aliphatic heterocycles. The smallest absolute Gasteiger partial charge is 0.416 e. The maximum atomic E-state index is 13.2. The van der Waals surface area contributed by atoms with E-state index in [2.05, 4.69) is 10.4 Å². The van der Waals surface area contributed by atoms with Crippen molar-refractivity contribution in [3.8, 4) is 22.8 Å². The summed E-state index contributed by atoms with van der Waals surface area (Å²) in [5.74, 6) is -0.197. The van der Waals surface area contributed by atoms with Gasteiger partial charge in [-0.1, -0.05) is 60.7 Å². The monoisotopic (exact) mass is 451 g/mol. The predicted octanol–water partition coefficient (Wildman–Crippen LogP) is 5.50. The van der Waals surface area contributed by atoms with Crippen LogP contribution in [0.3, 0.4) is 0 Å². The molecule has 3 aromatic carbocycles. The summed E-state index contributed by atoms with van der Waals surface area (Å²) in [5, 5.41) is 7.41. The van der Waals surface area contributed by atoms with Gasteiger partial charge < -0.3 is 10.1 Å². The summed E-state index contributed by atoms with van der Waals surface area (Å²) in [5.41, 5.74) is 1.90. The number of carbonyl (C=O) groups excluding carboxylic acids is 1. The number of benzene rings is 3. The molecule has 4 aromatic rings. The largest absolute Gasteiger partial charge is 0.480 e. The zero-order chi connectivity index (χ0) is 23.4. The van der Waals surface area contributed by atoms with Crippen LogP contribution in [0.1, 0.15) is 21.5 Å². The maximum absolute atomic E-state index is 13.2. The van der Waals surface area contributed by atoms with E-state index in [0.29, 0.717) is 16.9 Å². The van der Waals surface area contributed by atoms with Crippen molar-refractivity contribution in [1.29, 1.82) is 0 Å². The topological polar surface area (TPSA) is 56.1 Å². The van der Waals surface area contributed by atoms with Crippen LogP contribution in [0.5, 0.6) is 5.88 Å². The lowest BCUT2D eigenvalue weighted by Gasteiger charge is -2.10. The molecule has 8 heteroatoms. The minimum absolute atomic E-state index is 0.0465. The SMILES string of the molecule is COc1c(C(=O)NCc2ccc(C(F)(F)F)cc2)c(-c2ccccc2)nn1-c1ccccc1. The van der Waals surface area contributed by atoms with E-state index in [1.165, 1.54) is 19.2 Å². The van der Waals surface area contributed by atoms with E-state index in [-0.39, 0.29) is 18.0 Å². The van der Waals surface area contributed by atoms with Crippen LogP contribution in [0.4, 0.5) is 13.2 Å². The number of rotatable bonds is 6. The third-order valence-electron chi connectivity index (χ3n) is 5.05. The van der Waals surface area contributed by atoms with Crippen molar-refractivity contribution in [3.63, 3.8) is 0 Å².